The minimum absolute atomic E-state index is 0.569. The molecule has 0 bridgehead atoms. The van der Waals surface area contributed by atoms with Gasteiger partial charge in [-0.05, 0) is 32.0 Å². The summed E-state index contributed by atoms with van der Waals surface area (Å²) in [6.45, 7) is 3.87. The number of hydrogen-bond acceptors (Lipinski definition) is 2. The van der Waals surface area contributed by atoms with Gasteiger partial charge in [-0.15, -0.1) is 0 Å². The average Bonchev–Trinajstić information content (AvgIpc) is 2.65. The van der Waals surface area contributed by atoms with E-state index in [9.17, 15) is 4.79 Å². The van der Waals surface area contributed by atoms with Gasteiger partial charge in [0.25, 0.3) is 0 Å². The van der Waals surface area contributed by atoms with Gasteiger partial charge in [-0.1, -0.05) is 11.6 Å². The zero-order valence-electron chi connectivity index (χ0n) is 10.5. The Morgan fingerprint density at radius 1 is 1.28 bits per heavy atom. The van der Waals surface area contributed by atoms with Gasteiger partial charge in [-0.3, -0.25) is 4.79 Å². The van der Waals surface area contributed by atoms with Gasteiger partial charge in [-0.2, -0.15) is 0 Å². The lowest BCUT2D eigenvalue weighted by Gasteiger charge is -2.12. The number of ether oxygens (including phenoxy) is 1. The van der Waals surface area contributed by atoms with E-state index in [0.717, 1.165) is 23.4 Å². The molecule has 0 aliphatic heterocycles. The van der Waals surface area contributed by atoms with E-state index in [1.165, 1.54) is 0 Å². The second kappa shape index (κ2) is 4.86. The zero-order chi connectivity index (χ0) is 13.3. The molecule has 0 spiro atoms. The number of carbonyl (C=O) groups excluding carboxylic acids is 1. The number of carbonyl (C=O) groups is 1. The van der Waals surface area contributed by atoms with Crippen molar-refractivity contribution >= 4 is 17.9 Å². The van der Waals surface area contributed by atoms with Crippen LogP contribution in [0.1, 0.15) is 21.7 Å². The lowest BCUT2D eigenvalue weighted by molar-refractivity contribution is 0.112. The maximum atomic E-state index is 10.9. The van der Waals surface area contributed by atoms with E-state index >= 15 is 0 Å². The Labute approximate surface area is 111 Å². The summed E-state index contributed by atoms with van der Waals surface area (Å²) in [6, 6.07) is 7.41. The zero-order valence-corrected chi connectivity index (χ0v) is 11.3. The third kappa shape index (κ3) is 2.02. The van der Waals surface area contributed by atoms with Crippen LogP contribution in [-0.4, -0.2) is 18.0 Å². The standard InChI is InChI=1S/C14H14ClNO2/c1-9-6-11(8-17)10(2)16(9)12-4-5-13(15)14(7-12)18-3/h4-8H,1-3H3. The second-order valence-electron chi connectivity index (χ2n) is 4.10. The van der Waals surface area contributed by atoms with E-state index in [2.05, 4.69) is 0 Å². The molecule has 0 saturated carbocycles. The van der Waals surface area contributed by atoms with Crippen LogP contribution >= 0.6 is 11.6 Å². The Hall–Kier alpha value is -1.74. The minimum atomic E-state index is 0.569. The molecule has 1 aromatic heterocycles. The Balaban J connectivity index is 2.62. The molecule has 18 heavy (non-hydrogen) atoms. The second-order valence-corrected chi connectivity index (χ2v) is 4.51. The first-order valence-corrected chi connectivity index (χ1v) is 5.94. The highest BCUT2D eigenvalue weighted by Gasteiger charge is 2.11. The summed E-state index contributed by atoms with van der Waals surface area (Å²) < 4.78 is 7.21. The van der Waals surface area contributed by atoms with E-state index in [1.807, 2.05) is 36.6 Å². The van der Waals surface area contributed by atoms with Crippen molar-refractivity contribution in [3.8, 4) is 11.4 Å². The molecule has 0 N–H and O–H groups in total. The van der Waals surface area contributed by atoms with Gasteiger partial charge in [0.05, 0.1) is 12.1 Å². The van der Waals surface area contributed by atoms with Crippen LogP contribution in [-0.2, 0) is 0 Å². The molecular formula is C14H14ClNO2. The van der Waals surface area contributed by atoms with Gasteiger partial charge in [0.2, 0.25) is 0 Å². The van der Waals surface area contributed by atoms with Crippen LogP contribution < -0.4 is 4.74 Å². The summed E-state index contributed by atoms with van der Waals surface area (Å²) in [5.74, 6) is 0.620. The topological polar surface area (TPSA) is 31.2 Å². The number of aromatic nitrogens is 1. The molecule has 2 aromatic rings. The number of nitrogens with zero attached hydrogens (tertiary/aromatic N) is 1. The Morgan fingerprint density at radius 2 is 2.00 bits per heavy atom. The summed E-state index contributed by atoms with van der Waals surface area (Å²) in [6.07, 6.45) is 0.867. The minimum Gasteiger partial charge on any atom is -0.495 e. The summed E-state index contributed by atoms with van der Waals surface area (Å²) in [5.41, 5.74) is 3.53. The average molecular weight is 264 g/mol. The molecule has 94 valence electrons. The van der Waals surface area contributed by atoms with Crippen molar-refractivity contribution in [3.63, 3.8) is 0 Å². The van der Waals surface area contributed by atoms with Crippen molar-refractivity contribution in [2.75, 3.05) is 7.11 Å². The number of halogens is 1. The summed E-state index contributed by atoms with van der Waals surface area (Å²) in [4.78, 5) is 10.9. The molecule has 3 nitrogen and oxygen atoms in total. The van der Waals surface area contributed by atoms with Crippen molar-refractivity contribution in [2.45, 2.75) is 13.8 Å². The van der Waals surface area contributed by atoms with Crippen molar-refractivity contribution < 1.29 is 9.53 Å². The highest BCUT2D eigenvalue weighted by Crippen LogP contribution is 2.29. The SMILES string of the molecule is COc1cc(-n2c(C)cc(C=O)c2C)ccc1Cl. The molecule has 4 heteroatoms. The highest BCUT2D eigenvalue weighted by molar-refractivity contribution is 6.32. The molecule has 0 fully saturated rings. The van der Waals surface area contributed by atoms with Crippen LogP contribution in [0.3, 0.4) is 0 Å². The number of benzene rings is 1. The van der Waals surface area contributed by atoms with Crippen molar-refractivity contribution in [2.24, 2.45) is 0 Å². The predicted octanol–water partition coefficient (Wildman–Crippen LogP) is 3.57. The first-order chi connectivity index (χ1) is 8.58. The quantitative estimate of drug-likeness (QED) is 0.793. The lowest BCUT2D eigenvalue weighted by Crippen LogP contribution is -2.00. The fourth-order valence-electron chi connectivity index (χ4n) is 2.09. The van der Waals surface area contributed by atoms with Crippen LogP contribution in [0.25, 0.3) is 5.69 Å². The molecule has 1 heterocycles. The van der Waals surface area contributed by atoms with Crippen LogP contribution in [0.2, 0.25) is 5.02 Å². The van der Waals surface area contributed by atoms with Gasteiger partial charge >= 0.3 is 0 Å². The van der Waals surface area contributed by atoms with Crippen molar-refractivity contribution in [1.82, 2.24) is 4.57 Å². The van der Waals surface area contributed by atoms with Crippen LogP contribution in [0.4, 0.5) is 0 Å². The Morgan fingerprint density at radius 3 is 2.56 bits per heavy atom. The molecule has 0 aliphatic rings. The van der Waals surface area contributed by atoms with Crippen molar-refractivity contribution in [3.05, 3.63) is 46.2 Å². The van der Waals surface area contributed by atoms with E-state index < -0.39 is 0 Å². The fourth-order valence-corrected chi connectivity index (χ4v) is 2.29. The van der Waals surface area contributed by atoms with E-state index in [1.54, 1.807) is 13.2 Å². The molecule has 0 amide bonds. The third-order valence-electron chi connectivity index (χ3n) is 2.99. The summed E-state index contributed by atoms with van der Waals surface area (Å²) in [7, 11) is 1.58. The number of rotatable bonds is 3. The fraction of sp³-hybridized carbons (Fsp3) is 0.214. The van der Waals surface area contributed by atoms with E-state index in [0.29, 0.717) is 16.3 Å². The number of aryl methyl sites for hydroxylation is 1. The van der Waals surface area contributed by atoms with Gasteiger partial charge in [0.15, 0.2) is 6.29 Å². The molecule has 0 saturated heterocycles. The molecule has 1 aromatic carbocycles. The molecule has 0 atom stereocenters. The molecule has 0 unspecified atom stereocenters. The normalized spacial score (nSPS) is 10.4. The lowest BCUT2D eigenvalue weighted by atomic mass is 10.2. The van der Waals surface area contributed by atoms with Crippen LogP contribution in [0.5, 0.6) is 5.75 Å². The van der Waals surface area contributed by atoms with Gasteiger partial charge < -0.3 is 9.30 Å². The Kier molecular flexibility index (Phi) is 3.43. The maximum absolute atomic E-state index is 10.9. The predicted molar refractivity (Wildman–Crippen MR) is 72.2 cm³/mol. The smallest absolute Gasteiger partial charge is 0.151 e. The van der Waals surface area contributed by atoms with Crippen LogP contribution in [0, 0.1) is 13.8 Å². The first kappa shape index (κ1) is 12.7. The maximum Gasteiger partial charge on any atom is 0.151 e. The monoisotopic (exact) mass is 263 g/mol. The molecule has 2 rings (SSSR count). The number of hydrogen-bond donors (Lipinski definition) is 0. The van der Waals surface area contributed by atoms with Gasteiger partial charge in [0.1, 0.15) is 5.75 Å². The molecular weight excluding hydrogens is 250 g/mol. The molecule has 0 aliphatic carbocycles. The summed E-state index contributed by atoms with van der Waals surface area (Å²) >= 11 is 6.01. The van der Waals surface area contributed by atoms with Crippen LogP contribution in [0.15, 0.2) is 24.3 Å². The van der Waals surface area contributed by atoms with E-state index in [-0.39, 0.29) is 0 Å². The van der Waals surface area contributed by atoms with Gasteiger partial charge in [0, 0.05) is 28.7 Å². The third-order valence-corrected chi connectivity index (χ3v) is 3.30. The Bertz CT molecular complexity index is 602. The largest absolute Gasteiger partial charge is 0.495 e. The first-order valence-electron chi connectivity index (χ1n) is 5.56. The van der Waals surface area contributed by atoms with Crippen molar-refractivity contribution in [1.29, 1.82) is 0 Å². The summed E-state index contributed by atoms with van der Waals surface area (Å²) in [5, 5.41) is 0.569. The van der Waals surface area contributed by atoms with E-state index in [4.69, 9.17) is 16.3 Å². The van der Waals surface area contributed by atoms with Gasteiger partial charge in [-0.25, -0.2) is 0 Å². The number of aldehydes is 1. The molecule has 0 radical (unpaired) electrons. The number of methoxy groups -OCH3 is 1. The highest BCUT2D eigenvalue weighted by atomic mass is 35.5.